The third-order valence-corrected chi connectivity index (χ3v) is 6.52. The van der Waals surface area contributed by atoms with E-state index in [0.717, 1.165) is 64.8 Å². The average molecular weight is 296 g/mol. The minimum Gasteiger partial charge on any atom is -0.389 e. The van der Waals surface area contributed by atoms with Crippen LogP contribution in [0.2, 0.25) is 0 Å². The molecule has 3 aliphatic rings. The second-order valence-corrected chi connectivity index (χ2v) is 8.59. The molecule has 0 amide bonds. The Kier molecular flexibility index (Phi) is 4.13. The van der Waals surface area contributed by atoms with Gasteiger partial charge < -0.3 is 14.6 Å². The Morgan fingerprint density at radius 2 is 1.67 bits per heavy atom. The van der Waals surface area contributed by atoms with Gasteiger partial charge in [-0.1, -0.05) is 20.8 Å². The quantitative estimate of drug-likeness (QED) is 0.804. The van der Waals surface area contributed by atoms with Crippen LogP contribution < -0.4 is 0 Å². The molecule has 3 rings (SSSR count). The highest BCUT2D eigenvalue weighted by Crippen LogP contribution is 2.51. The van der Waals surface area contributed by atoms with Crippen LogP contribution in [0.5, 0.6) is 0 Å². The Balaban J connectivity index is 1.73. The van der Waals surface area contributed by atoms with E-state index < -0.39 is 5.60 Å². The van der Waals surface area contributed by atoms with Gasteiger partial charge in [-0.2, -0.15) is 0 Å². The second kappa shape index (κ2) is 5.50. The molecule has 122 valence electrons. The fourth-order valence-corrected chi connectivity index (χ4v) is 5.05. The minimum atomic E-state index is -0.482. The van der Waals surface area contributed by atoms with Gasteiger partial charge in [0.25, 0.3) is 0 Å². The number of hydrogen-bond donors (Lipinski definition) is 1. The molecule has 1 spiro atoms. The minimum absolute atomic E-state index is 0.0103. The molecule has 0 radical (unpaired) electrons. The molecule has 3 heteroatoms. The lowest BCUT2D eigenvalue weighted by Crippen LogP contribution is -2.55. The first kappa shape index (κ1) is 15.8. The molecule has 1 saturated carbocycles. The molecule has 2 saturated heterocycles. The van der Waals surface area contributed by atoms with E-state index in [9.17, 15) is 5.11 Å². The van der Waals surface area contributed by atoms with Crippen LogP contribution in [-0.2, 0) is 9.47 Å². The highest BCUT2D eigenvalue weighted by molar-refractivity contribution is 5.02. The zero-order chi connectivity index (χ0) is 15.1. The van der Waals surface area contributed by atoms with Gasteiger partial charge in [0.1, 0.15) is 0 Å². The molecule has 0 aromatic rings. The summed E-state index contributed by atoms with van der Waals surface area (Å²) >= 11 is 0. The Labute approximate surface area is 129 Å². The van der Waals surface area contributed by atoms with Gasteiger partial charge in [0.2, 0.25) is 0 Å². The fourth-order valence-electron chi connectivity index (χ4n) is 5.05. The average Bonchev–Trinajstić information content (AvgIpc) is 2.44. The van der Waals surface area contributed by atoms with Crippen molar-refractivity contribution < 1.29 is 14.6 Å². The van der Waals surface area contributed by atoms with Crippen LogP contribution in [0, 0.1) is 17.3 Å². The molecule has 3 fully saturated rings. The maximum atomic E-state index is 11.4. The normalized spacial score (nSPS) is 42.9. The summed E-state index contributed by atoms with van der Waals surface area (Å²) in [6.45, 7) is 9.37. The molecule has 3 unspecified atom stereocenters. The van der Waals surface area contributed by atoms with Crippen molar-refractivity contribution in [3.05, 3.63) is 0 Å². The van der Waals surface area contributed by atoms with Gasteiger partial charge in [-0.15, -0.1) is 0 Å². The molecular formula is C18H32O3. The predicted octanol–water partition coefficient (Wildman–Crippen LogP) is 3.54. The van der Waals surface area contributed by atoms with Crippen molar-refractivity contribution in [2.45, 2.75) is 76.9 Å². The molecular weight excluding hydrogens is 264 g/mol. The van der Waals surface area contributed by atoms with Crippen molar-refractivity contribution in [1.29, 1.82) is 0 Å². The van der Waals surface area contributed by atoms with Crippen LogP contribution in [0.3, 0.4) is 0 Å². The third-order valence-electron chi connectivity index (χ3n) is 6.52. The molecule has 1 aliphatic carbocycles. The summed E-state index contributed by atoms with van der Waals surface area (Å²) in [5.41, 5.74) is -0.110. The lowest BCUT2D eigenvalue weighted by Gasteiger charge is -2.53. The van der Waals surface area contributed by atoms with Crippen molar-refractivity contribution in [1.82, 2.24) is 0 Å². The Morgan fingerprint density at radius 3 is 2.33 bits per heavy atom. The predicted molar refractivity (Wildman–Crippen MR) is 83.2 cm³/mol. The smallest absolute Gasteiger partial charge is 0.0730 e. The first-order chi connectivity index (χ1) is 9.85. The van der Waals surface area contributed by atoms with Crippen LogP contribution in [-0.4, -0.2) is 36.1 Å². The van der Waals surface area contributed by atoms with E-state index >= 15 is 0 Å². The van der Waals surface area contributed by atoms with Gasteiger partial charge in [-0.25, -0.2) is 0 Å². The summed E-state index contributed by atoms with van der Waals surface area (Å²) in [4.78, 5) is 0. The molecule has 0 aromatic heterocycles. The van der Waals surface area contributed by atoms with E-state index in [1.54, 1.807) is 0 Å². The summed E-state index contributed by atoms with van der Waals surface area (Å²) in [5.74, 6) is 0.789. The molecule has 0 aromatic carbocycles. The molecule has 3 atom stereocenters. The fraction of sp³-hybridized carbons (Fsp3) is 1.00. The number of hydrogen-bond acceptors (Lipinski definition) is 3. The first-order valence-corrected chi connectivity index (χ1v) is 8.79. The van der Waals surface area contributed by atoms with Crippen molar-refractivity contribution in [3.63, 3.8) is 0 Å². The van der Waals surface area contributed by atoms with Gasteiger partial charge in [-0.3, -0.25) is 0 Å². The number of ether oxygens (including phenoxy) is 2. The van der Waals surface area contributed by atoms with Gasteiger partial charge in [0.15, 0.2) is 0 Å². The number of rotatable bonds is 1. The first-order valence-electron chi connectivity index (χ1n) is 8.79. The lowest BCUT2D eigenvalue weighted by atomic mass is 9.59. The van der Waals surface area contributed by atoms with Gasteiger partial charge in [0.05, 0.1) is 11.2 Å². The van der Waals surface area contributed by atoms with E-state index in [1.165, 1.54) is 0 Å². The molecule has 3 nitrogen and oxygen atoms in total. The van der Waals surface area contributed by atoms with Crippen LogP contribution in [0.4, 0.5) is 0 Å². The van der Waals surface area contributed by atoms with Crippen molar-refractivity contribution >= 4 is 0 Å². The highest BCUT2D eigenvalue weighted by Gasteiger charge is 2.51. The molecule has 1 N–H and O–H groups in total. The Bertz CT molecular complexity index is 367. The van der Waals surface area contributed by atoms with Crippen LogP contribution in [0.1, 0.15) is 65.7 Å². The second-order valence-electron chi connectivity index (χ2n) is 8.59. The Hall–Kier alpha value is -0.120. The van der Waals surface area contributed by atoms with E-state index in [2.05, 4.69) is 20.8 Å². The van der Waals surface area contributed by atoms with Gasteiger partial charge in [0, 0.05) is 19.8 Å². The molecule has 2 heterocycles. The maximum absolute atomic E-state index is 11.4. The molecule has 21 heavy (non-hydrogen) atoms. The van der Waals surface area contributed by atoms with Crippen molar-refractivity contribution in [2.75, 3.05) is 19.8 Å². The molecule has 0 bridgehead atoms. The summed E-state index contributed by atoms with van der Waals surface area (Å²) in [6.07, 6.45) is 7.27. The van der Waals surface area contributed by atoms with Crippen molar-refractivity contribution in [2.24, 2.45) is 17.3 Å². The summed E-state index contributed by atoms with van der Waals surface area (Å²) in [5, 5.41) is 11.4. The summed E-state index contributed by atoms with van der Waals surface area (Å²) < 4.78 is 11.7. The van der Waals surface area contributed by atoms with Gasteiger partial charge in [-0.05, 0) is 62.2 Å². The Morgan fingerprint density at radius 1 is 0.952 bits per heavy atom. The highest BCUT2D eigenvalue weighted by atomic mass is 16.5. The van der Waals surface area contributed by atoms with E-state index in [4.69, 9.17) is 9.47 Å². The van der Waals surface area contributed by atoms with Gasteiger partial charge >= 0.3 is 0 Å². The lowest BCUT2D eigenvalue weighted by molar-refractivity contribution is -0.196. The van der Waals surface area contributed by atoms with E-state index in [1.807, 2.05) is 0 Å². The standard InChI is InChI=1S/C18H32O3/c1-14-12-16(2,3)5-6-18(14,19)15-4-9-21-17(13-15)7-10-20-11-8-17/h14-15,19H,4-13H2,1-3H3. The van der Waals surface area contributed by atoms with Crippen molar-refractivity contribution in [3.8, 4) is 0 Å². The van der Waals surface area contributed by atoms with Crippen LogP contribution in [0.25, 0.3) is 0 Å². The zero-order valence-electron chi connectivity index (χ0n) is 14.0. The largest absolute Gasteiger partial charge is 0.389 e. The zero-order valence-corrected chi connectivity index (χ0v) is 14.0. The monoisotopic (exact) mass is 296 g/mol. The van der Waals surface area contributed by atoms with Crippen LogP contribution in [0.15, 0.2) is 0 Å². The third kappa shape index (κ3) is 3.02. The summed E-state index contributed by atoms with van der Waals surface area (Å²) in [7, 11) is 0. The molecule has 2 aliphatic heterocycles. The maximum Gasteiger partial charge on any atom is 0.0730 e. The number of aliphatic hydroxyl groups is 1. The SMILES string of the molecule is CC1CC(C)(C)CCC1(O)C1CCOC2(CCOCC2)C1. The van der Waals surface area contributed by atoms with Crippen LogP contribution >= 0.6 is 0 Å². The van der Waals surface area contributed by atoms with E-state index in [-0.39, 0.29) is 5.60 Å². The topological polar surface area (TPSA) is 38.7 Å². The van der Waals surface area contributed by atoms with E-state index in [0.29, 0.717) is 17.3 Å². The summed E-state index contributed by atoms with van der Waals surface area (Å²) in [6, 6.07) is 0.